The summed E-state index contributed by atoms with van der Waals surface area (Å²) in [7, 11) is 0. The number of aromatic nitrogens is 1. The average molecular weight is 401 g/mol. The van der Waals surface area contributed by atoms with Gasteiger partial charge in [0.25, 0.3) is 5.91 Å². The Morgan fingerprint density at radius 2 is 2.00 bits per heavy atom. The second-order valence-corrected chi connectivity index (χ2v) is 7.14. The predicted octanol–water partition coefficient (Wildman–Crippen LogP) is 4.82. The Bertz CT molecular complexity index is 940. The highest BCUT2D eigenvalue weighted by molar-refractivity contribution is 7.17. The summed E-state index contributed by atoms with van der Waals surface area (Å²) >= 11 is 7.29. The molecular formula is C20H17ClN2O3S. The van der Waals surface area contributed by atoms with Crippen LogP contribution in [0.5, 0.6) is 0 Å². The molecule has 0 saturated carbocycles. The van der Waals surface area contributed by atoms with Crippen LogP contribution in [-0.2, 0) is 16.0 Å². The van der Waals surface area contributed by atoms with E-state index in [1.165, 1.54) is 11.3 Å². The first kappa shape index (κ1) is 19.1. The number of anilines is 1. The Morgan fingerprint density at radius 1 is 1.22 bits per heavy atom. The molecule has 0 saturated heterocycles. The van der Waals surface area contributed by atoms with Gasteiger partial charge in [-0.3, -0.25) is 14.6 Å². The Morgan fingerprint density at radius 3 is 2.67 bits per heavy atom. The van der Waals surface area contributed by atoms with Gasteiger partial charge >= 0.3 is 5.97 Å². The minimum absolute atomic E-state index is 0.0997. The third-order valence-corrected chi connectivity index (χ3v) is 5.18. The largest absolute Gasteiger partial charge is 0.466 e. The number of benzene rings is 1. The smallest absolute Gasteiger partial charge is 0.310 e. The Kier molecular flexibility index (Phi) is 6.21. The summed E-state index contributed by atoms with van der Waals surface area (Å²) in [5.74, 6) is -0.581. The van der Waals surface area contributed by atoms with E-state index in [2.05, 4.69) is 10.3 Å². The van der Waals surface area contributed by atoms with Crippen LogP contribution in [0.2, 0.25) is 5.02 Å². The lowest BCUT2D eigenvalue weighted by molar-refractivity contribution is -0.142. The Labute approximate surface area is 166 Å². The van der Waals surface area contributed by atoms with E-state index in [4.69, 9.17) is 16.3 Å². The van der Waals surface area contributed by atoms with Crippen LogP contribution in [0.25, 0.3) is 10.4 Å². The molecule has 0 spiro atoms. The summed E-state index contributed by atoms with van der Waals surface area (Å²) in [6.45, 7) is 2.08. The van der Waals surface area contributed by atoms with Crippen LogP contribution in [0.4, 0.5) is 5.69 Å². The number of nitrogens with zero attached hydrogens (tertiary/aromatic N) is 1. The molecule has 0 unspecified atom stereocenters. The minimum atomic E-state index is -0.329. The zero-order valence-electron chi connectivity index (χ0n) is 14.6. The van der Waals surface area contributed by atoms with Crippen molar-refractivity contribution in [2.45, 2.75) is 13.3 Å². The topological polar surface area (TPSA) is 68.3 Å². The lowest BCUT2D eigenvalue weighted by Crippen LogP contribution is -2.10. The van der Waals surface area contributed by atoms with Crippen molar-refractivity contribution in [1.29, 1.82) is 0 Å². The number of carbonyl (C=O) groups is 2. The van der Waals surface area contributed by atoms with Gasteiger partial charge in [0, 0.05) is 16.1 Å². The molecular weight excluding hydrogens is 384 g/mol. The van der Waals surface area contributed by atoms with Gasteiger partial charge in [-0.15, -0.1) is 11.3 Å². The van der Waals surface area contributed by atoms with Gasteiger partial charge in [-0.05, 0) is 48.4 Å². The van der Waals surface area contributed by atoms with Gasteiger partial charge in [0.1, 0.15) is 0 Å². The zero-order valence-corrected chi connectivity index (χ0v) is 16.1. The normalized spacial score (nSPS) is 10.4. The van der Waals surface area contributed by atoms with Gasteiger partial charge in [-0.1, -0.05) is 23.7 Å². The van der Waals surface area contributed by atoms with E-state index in [-0.39, 0.29) is 18.3 Å². The number of halogens is 1. The molecule has 0 radical (unpaired) electrons. The number of nitrogens with one attached hydrogen (secondary N) is 1. The molecule has 3 aromatic rings. The maximum Gasteiger partial charge on any atom is 0.310 e. The first-order valence-electron chi connectivity index (χ1n) is 8.32. The van der Waals surface area contributed by atoms with Gasteiger partial charge in [0.2, 0.25) is 0 Å². The van der Waals surface area contributed by atoms with Gasteiger partial charge in [0.05, 0.1) is 29.8 Å². The molecule has 1 aromatic carbocycles. The molecule has 0 fully saturated rings. The zero-order chi connectivity index (χ0) is 19.2. The van der Waals surface area contributed by atoms with Gasteiger partial charge in [0.15, 0.2) is 0 Å². The van der Waals surface area contributed by atoms with Crippen LogP contribution in [0.15, 0.2) is 54.9 Å². The molecule has 0 atom stereocenters. The third-order valence-electron chi connectivity index (χ3n) is 3.70. The molecule has 138 valence electrons. The van der Waals surface area contributed by atoms with Gasteiger partial charge < -0.3 is 10.1 Å². The molecule has 0 bridgehead atoms. The fourth-order valence-electron chi connectivity index (χ4n) is 2.51. The highest BCUT2D eigenvalue weighted by atomic mass is 35.5. The molecule has 3 rings (SSSR count). The van der Waals surface area contributed by atoms with Crippen LogP contribution in [0.3, 0.4) is 0 Å². The summed E-state index contributed by atoms with van der Waals surface area (Å²) in [5.41, 5.74) is 2.25. The Balaban J connectivity index is 1.91. The molecule has 2 aromatic heterocycles. The summed E-state index contributed by atoms with van der Waals surface area (Å²) in [5, 5.41) is 3.43. The number of hydrogen-bond donors (Lipinski definition) is 1. The first-order chi connectivity index (χ1) is 13.1. The lowest BCUT2D eigenvalue weighted by Gasteiger charge is -2.04. The SMILES string of the molecule is CCOC(=O)Cc1cc(C(=O)Nc2cccnc2)sc1-c1ccc(Cl)cc1. The molecule has 0 aliphatic carbocycles. The summed E-state index contributed by atoms with van der Waals surface area (Å²) in [6.07, 6.45) is 3.31. The summed E-state index contributed by atoms with van der Waals surface area (Å²) < 4.78 is 5.06. The quantitative estimate of drug-likeness (QED) is 0.602. The van der Waals surface area contributed by atoms with E-state index >= 15 is 0 Å². The van der Waals surface area contributed by atoms with Crippen LogP contribution in [-0.4, -0.2) is 23.5 Å². The highest BCUT2D eigenvalue weighted by Crippen LogP contribution is 2.34. The second kappa shape index (κ2) is 8.79. The number of pyridine rings is 1. The monoisotopic (exact) mass is 400 g/mol. The molecule has 5 nitrogen and oxygen atoms in total. The average Bonchev–Trinajstić information content (AvgIpc) is 3.07. The van der Waals surface area contributed by atoms with Crippen LogP contribution in [0, 0.1) is 0 Å². The molecule has 0 aliphatic rings. The van der Waals surface area contributed by atoms with E-state index in [1.54, 1.807) is 49.6 Å². The number of amides is 1. The minimum Gasteiger partial charge on any atom is -0.466 e. The fraction of sp³-hybridized carbons (Fsp3) is 0.150. The molecule has 27 heavy (non-hydrogen) atoms. The number of rotatable bonds is 6. The van der Waals surface area contributed by atoms with Gasteiger partial charge in [-0.2, -0.15) is 0 Å². The van der Waals surface area contributed by atoms with Crippen molar-refractivity contribution in [2.24, 2.45) is 0 Å². The Hall–Kier alpha value is -2.70. The van der Waals surface area contributed by atoms with E-state index in [9.17, 15) is 9.59 Å². The molecule has 7 heteroatoms. The first-order valence-corrected chi connectivity index (χ1v) is 9.52. The van der Waals surface area contributed by atoms with E-state index in [0.717, 1.165) is 16.0 Å². The van der Waals surface area contributed by atoms with Crippen molar-refractivity contribution in [3.8, 4) is 10.4 Å². The van der Waals surface area contributed by atoms with Crippen LogP contribution < -0.4 is 5.32 Å². The van der Waals surface area contributed by atoms with Crippen molar-refractivity contribution in [2.75, 3.05) is 11.9 Å². The molecule has 0 aliphatic heterocycles. The van der Waals surface area contributed by atoms with Crippen molar-refractivity contribution in [3.63, 3.8) is 0 Å². The van der Waals surface area contributed by atoms with Crippen LogP contribution in [0.1, 0.15) is 22.2 Å². The molecule has 2 heterocycles. The maximum atomic E-state index is 12.6. The van der Waals surface area contributed by atoms with Gasteiger partial charge in [-0.25, -0.2) is 0 Å². The number of thiophene rings is 1. The number of ether oxygens (including phenoxy) is 1. The van der Waals surface area contributed by atoms with E-state index in [0.29, 0.717) is 22.2 Å². The number of carbonyl (C=O) groups excluding carboxylic acids is 2. The van der Waals surface area contributed by atoms with Crippen molar-refractivity contribution in [1.82, 2.24) is 4.98 Å². The predicted molar refractivity (Wildman–Crippen MR) is 107 cm³/mol. The van der Waals surface area contributed by atoms with Crippen LogP contribution >= 0.6 is 22.9 Å². The maximum absolute atomic E-state index is 12.6. The van der Waals surface area contributed by atoms with E-state index in [1.807, 2.05) is 12.1 Å². The van der Waals surface area contributed by atoms with Crippen molar-refractivity contribution >= 4 is 40.5 Å². The fourth-order valence-corrected chi connectivity index (χ4v) is 3.72. The number of esters is 1. The molecule has 1 N–H and O–H groups in total. The summed E-state index contributed by atoms with van der Waals surface area (Å²) in [6, 6.07) is 12.5. The highest BCUT2D eigenvalue weighted by Gasteiger charge is 2.19. The lowest BCUT2D eigenvalue weighted by atomic mass is 10.1. The standard InChI is InChI=1S/C20H17ClN2O3S/c1-2-26-18(24)11-14-10-17(20(25)23-16-4-3-9-22-12-16)27-19(14)13-5-7-15(21)8-6-13/h3-10,12H,2,11H2,1H3,(H,23,25). The van der Waals surface area contributed by atoms with Crippen molar-refractivity contribution < 1.29 is 14.3 Å². The number of hydrogen-bond acceptors (Lipinski definition) is 5. The van der Waals surface area contributed by atoms with Crippen molar-refractivity contribution in [3.05, 3.63) is 70.3 Å². The third kappa shape index (κ3) is 4.93. The second-order valence-electron chi connectivity index (χ2n) is 5.65. The molecule has 1 amide bonds. The van der Waals surface area contributed by atoms with E-state index < -0.39 is 0 Å². The summed E-state index contributed by atoms with van der Waals surface area (Å²) in [4.78, 5) is 29.9.